The topological polar surface area (TPSA) is 76.4 Å². The standard InChI is InChI=1S/C10H13NO4S/c12-9-3-1-2-5-11(9)6-8-16(15)7-4-10(13)14/h1-3,5H,4,6-8H2,(H,13,14). The Morgan fingerprint density at radius 2 is 2.12 bits per heavy atom. The van der Waals surface area contributed by atoms with Gasteiger partial charge in [0.2, 0.25) is 0 Å². The molecule has 88 valence electrons. The summed E-state index contributed by atoms with van der Waals surface area (Å²) in [5, 5.41) is 8.40. The van der Waals surface area contributed by atoms with Gasteiger partial charge in [-0.1, -0.05) is 6.07 Å². The largest absolute Gasteiger partial charge is 0.481 e. The first-order valence-electron chi connectivity index (χ1n) is 4.82. The molecule has 0 aliphatic carbocycles. The van der Waals surface area contributed by atoms with E-state index in [1.54, 1.807) is 18.3 Å². The van der Waals surface area contributed by atoms with Crippen LogP contribution in [0.5, 0.6) is 0 Å². The lowest BCUT2D eigenvalue weighted by atomic mass is 10.5. The molecule has 1 N–H and O–H groups in total. The summed E-state index contributed by atoms with van der Waals surface area (Å²) < 4.78 is 12.8. The molecular weight excluding hydrogens is 230 g/mol. The van der Waals surface area contributed by atoms with Crippen LogP contribution >= 0.6 is 0 Å². The van der Waals surface area contributed by atoms with E-state index in [4.69, 9.17) is 5.11 Å². The summed E-state index contributed by atoms with van der Waals surface area (Å²) in [4.78, 5) is 21.5. The van der Waals surface area contributed by atoms with Gasteiger partial charge < -0.3 is 9.67 Å². The van der Waals surface area contributed by atoms with E-state index in [1.165, 1.54) is 10.6 Å². The molecule has 1 heterocycles. The van der Waals surface area contributed by atoms with Crippen LogP contribution in [0.4, 0.5) is 0 Å². The normalized spacial score (nSPS) is 12.2. The Bertz CT molecular complexity index is 440. The van der Waals surface area contributed by atoms with E-state index < -0.39 is 16.8 Å². The van der Waals surface area contributed by atoms with Gasteiger partial charge >= 0.3 is 5.97 Å². The Hall–Kier alpha value is -1.43. The van der Waals surface area contributed by atoms with Crippen molar-refractivity contribution >= 4 is 16.8 Å². The summed E-state index contributed by atoms with van der Waals surface area (Å²) >= 11 is 0. The second-order valence-electron chi connectivity index (χ2n) is 3.22. The molecule has 0 bridgehead atoms. The molecular formula is C10H13NO4S. The number of hydrogen-bond acceptors (Lipinski definition) is 3. The third-order valence-corrected chi connectivity index (χ3v) is 3.30. The zero-order valence-corrected chi connectivity index (χ0v) is 9.48. The van der Waals surface area contributed by atoms with Crippen LogP contribution in [-0.2, 0) is 22.1 Å². The van der Waals surface area contributed by atoms with Crippen molar-refractivity contribution in [1.82, 2.24) is 4.57 Å². The van der Waals surface area contributed by atoms with Gasteiger partial charge in [-0.05, 0) is 6.07 Å². The van der Waals surface area contributed by atoms with Crippen LogP contribution in [0.2, 0.25) is 0 Å². The minimum absolute atomic E-state index is 0.101. The number of nitrogens with zero attached hydrogens (tertiary/aromatic N) is 1. The van der Waals surface area contributed by atoms with Crippen LogP contribution in [0.3, 0.4) is 0 Å². The molecule has 0 fully saturated rings. The second-order valence-corrected chi connectivity index (χ2v) is 4.92. The van der Waals surface area contributed by atoms with Gasteiger partial charge in [-0.3, -0.25) is 13.8 Å². The minimum Gasteiger partial charge on any atom is -0.481 e. The van der Waals surface area contributed by atoms with E-state index in [9.17, 15) is 13.8 Å². The number of aliphatic carboxylic acids is 1. The molecule has 0 aromatic carbocycles. The highest BCUT2D eigenvalue weighted by atomic mass is 32.2. The van der Waals surface area contributed by atoms with Gasteiger partial charge in [0.25, 0.3) is 5.56 Å². The SMILES string of the molecule is O=C(O)CCS(=O)CCn1ccccc1=O. The van der Waals surface area contributed by atoms with Crippen molar-refractivity contribution in [3.05, 3.63) is 34.7 Å². The summed E-state index contributed by atoms with van der Waals surface area (Å²) in [6, 6.07) is 4.79. The highest BCUT2D eigenvalue weighted by Crippen LogP contribution is 1.91. The fourth-order valence-electron chi connectivity index (χ4n) is 1.15. The Kier molecular flexibility index (Phi) is 4.91. The average Bonchev–Trinajstić information content (AvgIpc) is 2.25. The first-order valence-corrected chi connectivity index (χ1v) is 6.30. The zero-order valence-electron chi connectivity index (χ0n) is 8.67. The van der Waals surface area contributed by atoms with Crippen LogP contribution in [0.25, 0.3) is 0 Å². The molecule has 0 saturated heterocycles. The molecule has 1 atom stereocenters. The molecule has 16 heavy (non-hydrogen) atoms. The number of aryl methyl sites for hydroxylation is 1. The lowest BCUT2D eigenvalue weighted by Gasteiger charge is -2.04. The molecule has 6 heteroatoms. The van der Waals surface area contributed by atoms with Crippen molar-refractivity contribution in [3.63, 3.8) is 0 Å². The molecule has 1 rings (SSSR count). The van der Waals surface area contributed by atoms with Crippen molar-refractivity contribution in [2.45, 2.75) is 13.0 Å². The van der Waals surface area contributed by atoms with Gasteiger partial charge in [-0.15, -0.1) is 0 Å². The van der Waals surface area contributed by atoms with Gasteiger partial charge in [0, 0.05) is 41.1 Å². The van der Waals surface area contributed by atoms with Crippen LogP contribution in [0.1, 0.15) is 6.42 Å². The molecule has 0 amide bonds. The number of pyridine rings is 1. The number of carboxylic acid groups (broad SMARTS) is 1. The number of aromatic nitrogens is 1. The summed E-state index contributed by atoms with van der Waals surface area (Å²) in [5.41, 5.74) is -0.141. The van der Waals surface area contributed by atoms with Gasteiger partial charge in [-0.25, -0.2) is 0 Å². The van der Waals surface area contributed by atoms with Crippen molar-refractivity contribution in [2.75, 3.05) is 11.5 Å². The average molecular weight is 243 g/mol. The maximum Gasteiger partial charge on any atom is 0.304 e. The van der Waals surface area contributed by atoms with Crippen LogP contribution in [0.15, 0.2) is 29.2 Å². The Balaban J connectivity index is 2.40. The third-order valence-electron chi connectivity index (χ3n) is 2.00. The fourth-order valence-corrected chi connectivity index (χ4v) is 2.16. The number of hydrogen-bond donors (Lipinski definition) is 1. The third kappa shape index (κ3) is 4.39. The quantitative estimate of drug-likeness (QED) is 0.767. The molecule has 1 aromatic rings. The van der Waals surface area contributed by atoms with Crippen molar-refractivity contribution in [3.8, 4) is 0 Å². The zero-order chi connectivity index (χ0) is 12.0. The number of rotatable bonds is 6. The predicted molar refractivity (Wildman–Crippen MR) is 60.8 cm³/mol. The molecule has 0 aliphatic heterocycles. The predicted octanol–water partition coefficient (Wildman–Crippen LogP) is 0.0717. The van der Waals surface area contributed by atoms with Gasteiger partial charge in [-0.2, -0.15) is 0 Å². The number of carboxylic acids is 1. The molecule has 1 aromatic heterocycles. The Morgan fingerprint density at radius 1 is 1.38 bits per heavy atom. The van der Waals surface area contributed by atoms with Crippen molar-refractivity contribution in [2.24, 2.45) is 0 Å². The van der Waals surface area contributed by atoms with Gasteiger partial charge in [0.15, 0.2) is 0 Å². The number of carbonyl (C=O) groups is 1. The van der Waals surface area contributed by atoms with Crippen LogP contribution in [0, 0.1) is 0 Å². The highest BCUT2D eigenvalue weighted by molar-refractivity contribution is 7.84. The second kappa shape index (κ2) is 6.22. The van der Waals surface area contributed by atoms with E-state index in [-0.39, 0.29) is 17.7 Å². The molecule has 0 aliphatic rings. The Morgan fingerprint density at radius 3 is 2.75 bits per heavy atom. The molecule has 0 spiro atoms. The maximum atomic E-state index is 11.4. The van der Waals surface area contributed by atoms with Gasteiger partial charge in [0.05, 0.1) is 6.42 Å². The lowest BCUT2D eigenvalue weighted by molar-refractivity contribution is -0.136. The van der Waals surface area contributed by atoms with E-state index >= 15 is 0 Å². The first-order chi connectivity index (χ1) is 7.59. The summed E-state index contributed by atoms with van der Waals surface area (Å²) in [7, 11) is -1.19. The first kappa shape index (κ1) is 12.6. The molecule has 0 saturated carbocycles. The smallest absolute Gasteiger partial charge is 0.304 e. The molecule has 0 radical (unpaired) electrons. The van der Waals surface area contributed by atoms with E-state index in [1.807, 2.05) is 0 Å². The molecule has 5 nitrogen and oxygen atoms in total. The summed E-state index contributed by atoms with van der Waals surface area (Å²) in [5.74, 6) is -0.515. The summed E-state index contributed by atoms with van der Waals surface area (Å²) in [6.07, 6.45) is 1.52. The van der Waals surface area contributed by atoms with Crippen LogP contribution in [-0.4, -0.2) is 31.4 Å². The minimum atomic E-state index is -1.19. The highest BCUT2D eigenvalue weighted by Gasteiger charge is 2.04. The lowest BCUT2D eigenvalue weighted by Crippen LogP contribution is -2.21. The summed E-state index contributed by atoms with van der Waals surface area (Å²) in [6.45, 7) is 0.353. The van der Waals surface area contributed by atoms with Crippen molar-refractivity contribution in [1.29, 1.82) is 0 Å². The van der Waals surface area contributed by atoms with Crippen molar-refractivity contribution < 1.29 is 14.1 Å². The Labute approximate surface area is 95.2 Å². The fraction of sp³-hybridized carbons (Fsp3) is 0.400. The molecule has 1 unspecified atom stereocenters. The van der Waals surface area contributed by atoms with E-state index in [0.29, 0.717) is 12.3 Å². The van der Waals surface area contributed by atoms with Gasteiger partial charge in [0.1, 0.15) is 0 Å². The van der Waals surface area contributed by atoms with E-state index in [2.05, 4.69) is 0 Å². The monoisotopic (exact) mass is 243 g/mol. The maximum absolute atomic E-state index is 11.4. The van der Waals surface area contributed by atoms with E-state index in [0.717, 1.165) is 0 Å². The van der Waals surface area contributed by atoms with Crippen LogP contribution < -0.4 is 5.56 Å².